The lowest BCUT2D eigenvalue weighted by Gasteiger charge is -2.43. The fourth-order valence-corrected chi connectivity index (χ4v) is 3.36. The molecule has 1 saturated heterocycles. The molecule has 6 nitrogen and oxygen atoms in total. The Bertz CT molecular complexity index is 941. The van der Waals surface area contributed by atoms with Gasteiger partial charge in [0.15, 0.2) is 0 Å². The number of aromatic nitrogens is 1. The lowest BCUT2D eigenvalue weighted by atomic mass is 10.1. The number of fused-ring (bicyclic) bond motifs is 1. The lowest BCUT2D eigenvalue weighted by Crippen LogP contribution is -2.60. The van der Waals surface area contributed by atoms with Gasteiger partial charge in [0, 0.05) is 43.1 Å². The van der Waals surface area contributed by atoms with Crippen LogP contribution in [0.4, 0.5) is 0 Å². The molecule has 2 aliphatic heterocycles. The number of carbonyl (C=O) groups excluding carboxylic acids is 2. The Kier molecular flexibility index (Phi) is 3.53. The van der Waals surface area contributed by atoms with Crippen LogP contribution < -0.4 is 5.56 Å². The normalized spacial score (nSPS) is 16.6. The van der Waals surface area contributed by atoms with E-state index in [1.165, 1.54) is 16.7 Å². The molecule has 0 bridgehead atoms. The minimum absolute atomic E-state index is 0.0340. The van der Waals surface area contributed by atoms with Gasteiger partial charge in [-0.3, -0.25) is 19.0 Å². The third-order valence-electron chi connectivity index (χ3n) is 4.82. The summed E-state index contributed by atoms with van der Waals surface area (Å²) < 4.78 is 1.52. The van der Waals surface area contributed by atoms with E-state index < -0.39 is 0 Å². The van der Waals surface area contributed by atoms with Crippen molar-refractivity contribution in [1.29, 1.82) is 0 Å². The Hall–Kier alpha value is -3.15. The van der Waals surface area contributed by atoms with Crippen LogP contribution in [0.3, 0.4) is 0 Å². The van der Waals surface area contributed by atoms with Crippen LogP contribution in [-0.4, -0.2) is 45.3 Å². The summed E-state index contributed by atoms with van der Waals surface area (Å²) in [5.74, 6) is -0.150. The molecule has 0 atom stereocenters. The summed E-state index contributed by atoms with van der Waals surface area (Å²) in [6.07, 6.45) is 2.98. The molecule has 6 heteroatoms. The first kappa shape index (κ1) is 15.4. The molecule has 1 aromatic carbocycles. The van der Waals surface area contributed by atoms with Crippen molar-refractivity contribution < 1.29 is 9.59 Å². The van der Waals surface area contributed by atoms with E-state index in [0.29, 0.717) is 30.9 Å². The molecule has 0 N–H and O–H groups in total. The molecular formula is C19H17N3O3. The molecule has 0 saturated carbocycles. The van der Waals surface area contributed by atoms with Crippen LogP contribution in [0.1, 0.15) is 15.9 Å². The molecule has 0 unspecified atom stereocenters. The largest absolute Gasteiger partial charge is 0.335 e. The van der Waals surface area contributed by atoms with E-state index in [-0.39, 0.29) is 23.4 Å². The van der Waals surface area contributed by atoms with Gasteiger partial charge in [0.1, 0.15) is 0 Å². The van der Waals surface area contributed by atoms with Crippen molar-refractivity contribution >= 4 is 11.8 Å². The average Bonchev–Trinajstić information content (AvgIpc) is 2.90. The first-order valence-electron chi connectivity index (χ1n) is 8.12. The van der Waals surface area contributed by atoms with Gasteiger partial charge in [-0.05, 0) is 29.8 Å². The summed E-state index contributed by atoms with van der Waals surface area (Å²) in [7, 11) is 0. The molecule has 2 aromatic rings. The molecule has 0 radical (unpaired) electrons. The van der Waals surface area contributed by atoms with Gasteiger partial charge in [0.2, 0.25) is 5.91 Å². The van der Waals surface area contributed by atoms with Gasteiger partial charge < -0.3 is 9.80 Å². The summed E-state index contributed by atoms with van der Waals surface area (Å²) in [6.45, 7) is 5.09. The van der Waals surface area contributed by atoms with Crippen LogP contribution in [0.2, 0.25) is 0 Å². The summed E-state index contributed by atoms with van der Waals surface area (Å²) in [5, 5.41) is 0. The Morgan fingerprint density at radius 1 is 1.16 bits per heavy atom. The number of rotatable bonds is 3. The first-order chi connectivity index (χ1) is 12.1. The van der Waals surface area contributed by atoms with Crippen molar-refractivity contribution in [3.8, 4) is 5.69 Å². The minimum Gasteiger partial charge on any atom is -0.335 e. The van der Waals surface area contributed by atoms with Gasteiger partial charge in [-0.15, -0.1) is 0 Å². The molecular weight excluding hydrogens is 318 g/mol. The molecule has 1 fully saturated rings. The quantitative estimate of drug-likeness (QED) is 0.792. The van der Waals surface area contributed by atoms with Crippen LogP contribution in [0, 0.1) is 0 Å². The molecule has 1 aromatic heterocycles. The maximum Gasteiger partial charge on any atom is 0.255 e. The molecule has 2 aliphatic rings. The van der Waals surface area contributed by atoms with Gasteiger partial charge in [-0.25, -0.2) is 0 Å². The third-order valence-corrected chi connectivity index (χ3v) is 4.82. The molecule has 2 amide bonds. The number of benzene rings is 1. The fraction of sp³-hybridized carbons (Fsp3) is 0.211. The SMILES string of the molecule is C=CC(=O)N1CC(N2Cc3ccc(-n4ccccc4=O)cc3C2=O)C1. The average molecular weight is 335 g/mol. The number of hydrogen-bond acceptors (Lipinski definition) is 3. The van der Waals surface area contributed by atoms with E-state index in [1.54, 1.807) is 34.2 Å². The Morgan fingerprint density at radius 2 is 1.96 bits per heavy atom. The van der Waals surface area contributed by atoms with Crippen LogP contribution in [0.5, 0.6) is 0 Å². The summed E-state index contributed by atoms with van der Waals surface area (Å²) in [5.41, 5.74) is 2.12. The van der Waals surface area contributed by atoms with E-state index in [1.807, 2.05) is 12.1 Å². The number of amides is 2. The Morgan fingerprint density at radius 3 is 2.68 bits per heavy atom. The third kappa shape index (κ3) is 2.46. The maximum absolute atomic E-state index is 12.8. The van der Waals surface area contributed by atoms with Gasteiger partial charge in [-0.1, -0.05) is 18.7 Å². The predicted octanol–water partition coefficient (Wildman–Crippen LogP) is 1.19. The highest BCUT2D eigenvalue weighted by Crippen LogP contribution is 2.29. The van der Waals surface area contributed by atoms with Crippen LogP contribution in [0.15, 0.2) is 60.0 Å². The summed E-state index contributed by atoms with van der Waals surface area (Å²) >= 11 is 0. The summed E-state index contributed by atoms with van der Waals surface area (Å²) in [6, 6.07) is 10.5. The van der Waals surface area contributed by atoms with Crippen molar-refractivity contribution in [2.75, 3.05) is 13.1 Å². The molecule has 0 aliphatic carbocycles. The van der Waals surface area contributed by atoms with Crippen molar-refractivity contribution in [3.05, 3.63) is 76.7 Å². The molecule has 25 heavy (non-hydrogen) atoms. The summed E-state index contributed by atoms with van der Waals surface area (Å²) in [4.78, 5) is 39.8. The maximum atomic E-state index is 12.8. The molecule has 3 heterocycles. The topological polar surface area (TPSA) is 62.6 Å². The van der Waals surface area contributed by atoms with E-state index in [4.69, 9.17) is 0 Å². The van der Waals surface area contributed by atoms with Crippen molar-refractivity contribution in [2.24, 2.45) is 0 Å². The van der Waals surface area contributed by atoms with E-state index in [9.17, 15) is 14.4 Å². The second-order valence-corrected chi connectivity index (χ2v) is 6.28. The van der Waals surface area contributed by atoms with Crippen LogP contribution in [0.25, 0.3) is 5.69 Å². The van der Waals surface area contributed by atoms with Crippen molar-refractivity contribution in [2.45, 2.75) is 12.6 Å². The first-order valence-corrected chi connectivity index (χ1v) is 8.12. The van der Waals surface area contributed by atoms with Gasteiger partial charge in [0.05, 0.1) is 6.04 Å². The number of hydrogen-bond donors (Lipinski definition) is 0. The van der Waals surface area contributed by atoms with Gasteiger partial charge in [0.25, 0.3) is 11.5 Å². The minimum atomic E-state index is -0.137. The van der Waals surface area contributed by atoms with Crippen molar-refractivity contribution in [3.63, 3.8) is 0 Å². The predicted molar refractivity (Wildman–Crippen MR) is 92.5 cm³/mol. The highest BCUT2D eigenvalue weighted by molar-refractivity contribution is 5.99. The monoisotopic (exact) mass is 335 g/mol. The fourth-order valence-electron chi connectivity index (χ4n) is 3.36. The van der Waals surface area contributed by atoms with Gasteiger partial charge >= 0.3 is 0 Å². The molecule has 126 valence electrons. The van der Waals surface area contributed by atoms with E-state index in [0.717, 1.165) is 5.56 Å². The zero-order valence-electron chi connectivity index (χ0n) is 13.6. The second-order valence-electron chi connectivity index (χ2n) is 6.28. The van der Waals surface area contributed by atoms with Gasteiger partial charge in [-0.2, -0.15) is 0 Å². The highest BCUT2D eigenvalue weighted by Gasteiger charge is 2.40. The lowest BCUT2D eigenvalue weighted by molar-refractivity contribution is -0.132. The zero-order chi connectivity index (χ0) is 17.6. The smallest absolute Gasteiger partial charge is 0.255 e. The number of nitrogens with zero attached hydrogens (tertiary/aromatic N) is 3. The second kappa shape index (κ2) is 5.73. The Balaban J connectivity index is 1.57. The van der Waals surface area contributed by atoms with E-state index in [2.05, 4.69) is 6.58 Å². The zero-order valence-corrected chi connectivity index (χ0v) is 13.6. The molecule has 4 rings (SSSR count). The van der Waals surface area contributed by atoms with E-state index >= 15 is 0 Å². The number of pyridine rings is 1. The molecule has 0 spiro atoms. The highest BCUT2D eigenvalue weighted by atomic mass is 16.2. The number of likely N-dealkylation sites (tertiary alicyclic amines) is 1. The Labute approximate surface area is 144 Å². The van der Waals surface area contributed by atoms with Crippen LogP contribution >= 0.6 is 0 Å². The number of carbonyl (C=O) groups is 2. The van der Waals surface area contributed by atoms with Crippen molar-refractivity contribution in [1.82, 2.24) is 14.4 Å². The standard InChI is InChI=1S/C19H17N3O3/c1-2-17(23)20-11-15(12-20)22-10-13-6-7-14(9-16(13)19(22)25)21-8-4-3-5-18(21)24/h2-9,15H,1,10-12H2. The van der Waals surface area contributed by atoms with Crippen LogP contribution in [-0.2, 0) is 11.3 Å².